The zero-order valence-electron chi connectivity index (χ0n) is 31.0. The van der Waals surface area contributed by atoms with Crippen molar-refractivity contribution in [3.63, 3.8) is 0 Å². The van der Waals surface area contributed by atoms with E-state index in [-0.39, 0.29) is 5.91 Å². The Labute approximate surface area is 349 Å². The molecule has 0 aromatic heterocycles. The second-order valence-electron chi connectivity index (χ2n) is 12.5. The first kappa shape index (κ1) is 40.3. The maximum Gasteiger partial charge on any atom is 0.221 e. The van der Waals surface area contributed by atoms with Crippen LogP contribution in [0.15, 0.2) is 148 Å². The number of rotatable bonds is 17. The molecule has 10 nitrogen and oxygen atoms in total. The number of nitrogens with zero attached hydrogens (tertiary/aromatic N) is 3. The van der Waals surface area contributed by atoms with Gasteiger partial charge < -0.3 is 19.5 Å². The lowest BCUT2D eigenvalue weighted by Gasteiger charge is -2.45. The number of methoxy groups -OCH3 is 1. The fourth-order valence-electron chi connectivity index (χ4n) is 5.73. The standard InChI is InChI=1S/C43H41Br2ClN6O4/c1-4-23-55-29-31-13-10-16-35(24-31)50(48-40-22-9-8-21-39(40)45)52(37-18-11-14-32(44)25-37)51(36-17-12-15-34(28-36)47-30(2)53)49-41-26-33(46)27-42(43(41)54-3)56-38-19-6-5-7-20-38/h5-22,24-28,48-49H,4,23,29H2,1-3H3,(H,47,53). The highest BCUT2D eigenvalue weighted by molar-refractivity contribution is 9.10. The minimum absolute atomic E-state index is 0.205. The van der Waals surface area contributed by atoms with Crippen molar-refractivity contribution < 1.29 is 19.0 Å². The lowest BCUT2D eigenvalue weighted by molar-refractivity contribution is -0.114. The summed E-state index contributed by atoms with van der Waals surface area (Å²) >= 11 is 14.3. The number of anilines is 6. The molecule has 13 heteroatoms. The van der Waals surface area contributed by atoms with Crippen LogP contribution in [0.5, 0.6) is 17.2 Å². The number of amides is 1. The highest BCUT2D eigenvalue weighted by atomic mass is 79.9. The molecule has 0 aliphatic carbocycles. The Morgan fingerprint density at radius 1 is 0.732 bits per heavy atom. The van der Waals surface area contributed by atoms with Crippen LogP contribution in [0.2, 0.25) is 5.02 Å². The monoisotopic (exact) mass is 898 g/mol. The minimum Gasteiger partial charge on any atom is -0.491 e. The summed E-state index contributed by atoms with van der Waals surface area (Å²) in [6.07, 6.45) is 0.912. The fraction of sp³-hybridized carbons (Fsp3) is 0.140. The van der Waals surface area contributed by atoms with E-state index < -0.39 is 0 Å². The van der Waals surface area contributed by atoms with Crippen molar-refractivity contribution >= 4 is 83.5 Å². The molecule has 56 heavy (non-hydrogen) atoms. The van der Waals surface area contributed by atoms with Crippen LogP contribution in [-0.2, 0) is 16.1 Å². The van der Waals surface area contributed by atoms with Gasteiger partial charge in [-0.1, -0.05) is 89.1 Å². The molecule has 0 spiro atoms. The first-order chi connectivity index (χ1) is 27.2. The maximum atomic E-state index is 12.3. The number of hydrogen-bond acceptors (Lipinski definition) is 9. The van der Waals surface area contributed by atoms with Gasteiger partial charge in [0.2, 0.25) is 5.91 Å². The van der Waals surface area contributed by atoms with Gasteiger partial charge >= 0.3 is 0 Å². The van der Waals surface area contributed by atoms with Crippen LogP contribution in [-0.4, -0.2) is 19.6 Å². The van der Waals surface area contributed by atoms with Gasteiger partial charge in [0.1, 0.15) is 11.4 Å². The normalized spacial score (nSPS) is 10.7. The number of carbonyl (C=O) groups excluding carboxylic acids is 1. The number of hydrogen-bond donors (Lipinski definition) is 3. The Morgan fingerprint density at radius 2 is 1.41 bits per heavy atom. The molecule has 0 atom stereocenters. The van der Waals surface area contributed by atoms with Crippen LogP contribution < -0.4 is 41.0 Å². The number of benzene rings is 6. The molecular weight excluding hydrogens is 860 g/mol. The molecule has 1 amide bonds. The second-order valence-corrected chi connectivity index (χ2v) is 14.7. The van der Waals surface area contributed by atoms with E-state index in [9.17, 15) is 4.79 Å². The summed E-state index contributed by atoms with van der Waals surface area (Å²) < 4.78 is 20.0. The van der Waals surface area contributed by atoms with Gasteiger partial charge in [0.15, 0.2) is 11.5 Å². The van der Waals surface area contributed by atoms with E-state index in [0.29, 0.717) is 52.5 Å². The molecule has 0 fully saturated rings. The molecule has 6 aromatic carbocycles. The molecule has 0 saturated heterocycles. The molecule has 0 radical (unpaired) electrons. The van der Waals surface area contributed by atoms with Gasteiger partial charge in [0.05, 0.1) is 36.5 Å². The molecule has 0 saturated carbocycles. The minimum atomic E-state index is -0.205. The topological polar surface area (TPSA) is 90.6 Å². The van der Waals surface area contributed by atoms with Crippen LogP contribution >= 0.6 is 43.5 Å². The van der Waals surface area contributed by atoms with Gasteiger partial charge in [-0.2, -0.15) is 15.4 Å². The van der Waals surface area contributed by atoms with Gasteiger partial charge in [0, 0.05) is 39.3 Å². The van der Waals surface area contributed by atoms with Gasteiger partial charge in [-0.25, -0.2) is 0 Å². The number of hydrazine groups is 4. The first-order valence-corrected chi connectivity index (χ1v) is 19.8. The van der Waals surface area contributed by atoms with E-state index in [1.807, 2.05) is 137 Å². The molecule has 288 valence electrons. The van der Waals surface area contributed by atoms with Crippen LogP contribution in [0.1, 0.15) is 25.8 Å². The summed E-state index contributed by atoms with van der Waals surface area (Å²) in [5, 5.41) is 9.01. The summed E-state index contributed by atoms with van der Waals surface area (Å²) in [7, 11) is 1.58. The van der Waals surface area contributed by atoms with Crippen molar-refractivity contribution in [2.45, 2.75) is 26.9 Å². The number of nitrogens with one attached hydrogen (secondary N) is 3. The lowest BCUT2D eigenvalue weighted by Crippen LogP contribution is -2.59. The van der Waals surface area contributed by atoms with E-state index >= 15 is 0 Å². The van der Waals surface area contributed by atoms with Crippen molar-refractivity contribution in [1.82, 2.24) is 0 Å². The summed E-state index contributed by atoms with van der Waals surface area (Å²) in [4.78, 5) is 12.3. The third-order valence-electron chi connectivity index (χ3n) is 8.12. The Hall–Kier alpha value is -5.40. The summed E-state index contributed by atoms with van der Waals surface area (Å²) in [6, 6.07) is 44.2. The molecular formula is C43H41Br2ClN6O4. The predicted molar refractivity (Wildman–Crippen MR) is 235 cm³/mol. The molecule has 3 N–H and O–H groups in total. The van der Waals surface area contributed by atoms with Gasteiger partial charge in [-0.05, 0) is 107 Å². The van der Waals surface area contributed by atoms with E-state index in [0.717, 1.165) is 38.0 Å². The Bertz CT molecular complexity index is 2250. The SMILES string of the molecule is CCCOCc1cccc(N(Nc2ccccc2Br)N(c2cccc(Br)c2)N(Nc2cc(Cl)cc(Oc3ccccc3)c2OC)c2cccc(NC(C)=O)c2)c1. The molecule has 0 aliphatic rings. The zero-order valence-corrected chi connectivity index (χ0v) is 34.9. The molecule has 0 bridgehead atoms. The summed E-state index contributed by atoms with van der Waals surface area (Å²) in [5.74, 6) is 1.21. The van der Waals surface area contributed by atoms with Crippen molar-refractivity contribution in [1.29, 1.82) is 0 Å². The third-order valence-corrected chi connectivity index (χ3v) is 9.53. The van der Waals surface area contributed by atoms with Crippen molar-refractivity contribution in [3.8, 4) is 17.2 Å². The molecule has 0 aliphatic heterocycles. The lowest BCUT2D eigenvalue weighted by atomic mass is 10.2. The predicted octanol–water partition coefficient (Wildman–Crippen LogP) is 12.3. The van der Waals surface area contributed by atoms with Crippen LogP contribution in [0, 0.1) is 0 Å². The third kappa shape index (κ3) is 10.5. The van der Waals surface area contributed by atoms with Gasteiger partial charge in [-0.15, -0.1) is 0 Å². The van der Waals surface area contributed by atoms with Crippen molar-refractivity contribution in [2.24, 2.45) is 0 Å². The molecule has 0 unspecified atom stereocenters. The molecule has 0 heterocycles. The van der Waals surface area contributed by atoms with Crippen molar-refractivity contribution in [2.75, 3.05) is 45.2 Å². The molecule has 6 aromatic rings. The van der Waals surface area contributed by atoms with E-state index in [1.165, 1.54) is 6.92 Å². The highest BCUT2D eigenvalue weighted by Crippen LogP contribution is 2.42. The Kier molecular flexibility index (Phi) is 14.0. The largest absolute Gasteiger partial charge is 0.491 e. The summed E-state index contributed by atoms with van der Waals surface area (Å²) in [6.45, 7) is 4.64. The highest BCUT2D eigenvalue weighted by Gasteiger charge is 2.29. The van der Waals surface area contributed by atoms with Crippen LogP contribution in [0.25, 0.3) is 0 Å². The Morgan fingerprint density at radius 3 is 2.12 bits per heavy atom. The van der Waals surface area contributed by atoms with Crippen molar-refractivity contribution in [3.05, 3.63) is 159 Å². The number of para-hydroxylation sites is 2. The summed E-state index contributed by atoms with van der Waals surface area (Å²) in [5.41, 5.74) is 12.2. The second kappa shape index (κ2) is 19.5. The van der Waals surface area contributed by atoms with E-state index in [2.05, 4.69) is 61.0 Å². The van der Waals surface area contributed by atoms with Crippen LogP contribution in [0.4, 0.5) is 34.1 Å². The smallest absolute Gasteiger partial charge is 0.221 e. The average molecular weight is 901 g/mol. The number of ether oxygens (including phenoxy) is 3. The van der Waals surface area contributed by atoms with E-state index in [4.69, 9.17) is 25.8 Å². The Balaban J connectivity index is 1.59. The number of carbonyl (C=O) groups is 1. The average Bonchev–Trinajstić information content (AvgIpc) is 3.18. The number of halogens is 3. The first-order valence-electron chi connectivity index (χ1n) is 17.8. The maximum absolute atomic E-state index is 12.3. The quantitative estimate of drug-likeness (QED) is 0.0611. The fourth-order valence-corrected chi connectivity index (χ4v) is 6.70. The zero-order chi connectivity index (χ0) is 39.4. The van der Waals surface area contributed by atoms with Gasteiger partial charge in [0.25, 0.3) is 0 Å². The van der Waals surface area contributed by atoms with E-state index in [1.54, 1.807) is 19.2 Å². The van der Waals surface area contributed by atoms with Crippen LogP contribution in [0.3, 0.4) is 0 Å². The molecule has 6 rings (SSSR count). The van der Waals surface area contributed by atoms with Gasteiger partial charge in [-0.3, -0.25) is 15.6 Å².